The van der Waals surface area contributed by atoms with Crippen LogP contribution in [0.25, 0.3) is 0 Å². The molecule has 1 N–H and O–H groups in total. The van der Waals surface area contributed by atoms with Crippen LogP contribution in [0.1, 0.15) is 19.4 Å². The predicted molar refractivity (Wildman–Crippen MR) is 88.7 cm³/mol. The Hall–Kier alpha value is -2.87. The molecular formula is C18H18FN3O. The van der Waals surface area contributed by atoms with E-state index in [2.05, 4.69) is 10.5 Å². The van der Waals surface area contributed by atoms with E-state index >= 15 is 0 Å². The molecule has 118 valence electrons. The van der Waals surface area contributed by atoms with E-state index in [0.29, 0.717) is 18.1 Å². The van der Waals surface area contributed by atoms with Gasteiger partial charge in [-0.05, 0) is 17.7 Å². The van der Waals surface area contributed by atoms with E-state index in [0.717, 1.165) is 5.56 Å². The fourth-order valence-electron chi connectivity index (χ4n) is 1.82. The van der Waals surface area contributed by atoms with Crippen molar-refractivity contribution in [3.8, 4) is 11.8 Å². The fraction of sp³-hybridized carbons (Fsp3) is 0.222. The highest BCUT2D eigenvalue weighted by atomic mass is 19.1. The number of hydrogen-bond donors (Lipinski definition) is 1. The number of hydrogen-bond acceptors (Lipinski definition) is 4. The average Bonchev–Trinajstić information content (AvgIpc) is 2.55. The maximum absolute atomic E-state index is 14.0. The van der Waals surface area contributed by atoms with E-state index in [1.54, 1.807) is 6.07 Å². The molecule has 0 saturated carbocycles. The lowest BCUT2D eigenvalue weighted by Gasteiger charge is -2.09. The topological polar surface area (TPSA) is 57.4 Å². The highest BCUT2D eigenvalue weighted by molar-refractivity contribution is 6.00. The second kappa shape index (κ2) is 7.95. The molecule has 0 amide bonds. The van der Waals surface area contributed by atoms with Crippen molar-refractivity contribution in [3.05, 3.63) is 59.9 Å². The summed E-state index contributed by atoms with van der Waals surface area (Å²) in [5.74, 6) is -0.0744. The summed E-state index contributed by atoms with van der Waals surface area (Å²) in [5.41, 5.74) is 4.10. The van der Waals surface area contributed by atoms with Gasteiger partial charge in [0.2, 0.25) is 0 Å². The lowest BCUT2D eigenvalue weighted by Crippen LogP contribution is -2.07. The molecule has 0 spiro atoms. The molecule has 5 heteroatoms. The molecule has 0 aliphatic heterocycles. The first-order chi connectivity index (χ1) is 11.1. The summed E-state index contributed by atoms with van der Waals surface area (Å²) >= 11 is 0. The van der Waals surface area contributed by atoms with E-state index in [4.69, 9.17) is 10.00 Å². The van der Waals surface area contributed by atoms with Gasteiger partial charge in [-0.25, -0.2) is 4.39 Å². The Balaban J connectivity index is 2.02. The fourth-order valence-corrected chi connectivity index (χ4v) is 1.82. The van der Waals surface area contributed by atoms with Gasteiger partial charge in [0.1, 0.15) is 24.1 Å². The number of nitriles is 1. The number of ether oxygens (including phenoxy) is 1. The van der Waals surface area contributed by atoms with Gasteiger partial charge < -0.3 is 4.74 Å². The molecule has 0 aliphatic carbocycles. The summed E-state index contributed by atoms with van der Waals surface area (Å²) < 4.78 is 19.6. The number of benzene rings is 2. The van der Waals surface area contributed by atoms with Crippen molar-refractivity contribution in [1.29, 1.82) is 5.26 Å². The minimum atomic E-state index is -0.486. The molecule has 2 aromatic rings. The largest absolute Gasteiger partial charge is 0.489 e. The van der Waals surface area contributed by atoms with Crippen LogP contribution < -0.4 is 10.2 Å². The summed E-state index contributed by atoms with van der Waals surface area (Å²) in [4.78, 5) is 0. The number of halogens is 1. The SMILES string of the molecule is CC(C)/C(C#N)=N/Nc1ccc(OCc2ccccc2)cc1F. The molecular weight excluding hydrogens is 293 g/mol. The van der Waals surface area contributed by atoms with Crippen LogP contribution in [0.4, 0.5) is 10.1 Å². The molecule has 0 fully saturated rings. The average molecular weight is 311 g/mol. The number of rotatable bonds is 6. The Morgan fingerprint density at radius 2 is 2.00 bits per heavy atom. The van der Waals surface area contributed by atoms with Gasteiger partial charge in [-0.15, -0.1) is 0 Å². The lowest BCUT2D eigenvalue weighted by molar-refractivity contribution is 0.304. The molecule has 0 unspecified atom stereocenters. The summed E-state index contributed by atoms with van der Waals surface area (Å²) in [5, 5.41) is 12.9. The van der Waals surface area contributed by atoms with Crippen LogP contribution in [0.2, 0.25) is 0 Å². The zero-order valence-corrected chi connectivity index (χ0v) is 13.1. The summed E-state index contributed by atoms with van der Waals surface area (Å²) in [6, 6.07) is 16.1. The summed E-state index contributed by atoms with van der Waals surface area (Å²) in [6.07, 6.45) is 0. The van der Waals surface area contributed by atoms with Gasteiger partial charge in [-0.1, -0.05) is 44.2 Å². The van der Waals surface area contributed by atoms with Gasteiger partial charge >= 0.3 is 0 Å². The van der Waals surface area contributed by atoms with Crippen molar-refractivity contribution in [3.63, 3.8) is 0 Å². The third-order valence-electron chi connectivity index (χ3n) is 3.15. The first-order valence-corrected chi connectivity index (χ1v) is 7.30. The maximum Gasteiger partial charge on any atom is 0.151 e. The Bertz CT molecular complexity index is 721. The standard InChI is InChI=1S/C18H18FN3O/c1-13(2)18(11-20)22-21-17-9-8-15(10-16(17)19)23-12-14-6-4-3-5-7-14/h3-10,13,21H,12H2,1-2H3/b22-18+. The van der Waals surface area contributed by atoms with E-state index in [1.807, 2.05) is 50.2 Å². The van der Waals surface area contributed by atoms with Crippen molar-refractivity contribution in [2.45, 2.75) is 20.5 Å². The van der Waals surface area contributed by atoms with Crippen LogP contribution >= 0.6 is 0 Å². The van der Waals surface area contributed by atoms with Crippen LogP contribution in [0.15, 0.2) is 53.6 Å². The van der Waals surface area contributed by atoms with Crippen LogP contribution in [-0.4, -0.2) is 5.71 Å². The highest BCUT2D eigenvalue weighted by Crippen LogP contribution is 2.21. The highest BCUT2D eigenvalue weighted by Gasteiger charge is 2.07. The molecule has 0 heterocycles. The smallest absolute Gasteiger partial charge is 0.151 e. The number of anilines is 1. The van der Waals surface area contributed by atoms with Crippen molar-refractivity contribution in [1.82, 2.24) is 0 Å². The monoisotopic (exact) mass is 311 g/mol. The molecule has 0 aliphatic rings. The predicted octanol–water partition coefficient (Wildman–Crippen LogP) is 4.35. The molecule has 4 nitrogen and oxygen atoms in total. The normalized spacial score (nSPS) is 11.2. The summed E-state index contributed by atoms with van der Waals surface area (Å²) in [6.45, 7) is 4.07. The third kappa shape index (κ3) is 4.82. The zero-order valence-electron chi connectivity index (χ0n) is 13.1. The molecule has 0 aromatic heterocycles. The van der Waals surface area contributed by atoms with Gasteiger partial charge in [-0.2, -0.15) is 10.4 Å². The second-order valence-corrected chi connectivity index (χ2v) is 5.29. The lowest BCUT2D eigenvalue weighted by atomic mass is 10.1. The minimum Gasteiger partial charge on any atom is -0.489 e. The van der Waals surface area contributed by atoms with Gasteiger partial charge in [0, 0.05) is 12.0 Å². The number of nitrogens with zero attached hydrogens (tertiary/aromatic N) is 2. The van der Waals surface area contributed by atoms with E-state index in [-0.39, 0.29) is 11.6 Å². The van der Waals surface area contributed by atoms with Crippen molar-refractivity contribution >= 4 is 11.4 Å². The molecule has 2 rings (SSSR count). The second-order valence-electron chi connectivity index (χ2n) is 5.29. The van der Waals surface area contributed by atoms with Crippen molar-refractivity contribution in [2.75, 3.05) is 5.43 Å². The summed E-state index contributed by atoms with van der Waals surface area (Å²) in [7, 11) is 0. The maximum atomic E-state index is 14.0. The minimum absolute atomic E-state index is 0.0240. The molecule has 0 atom stereocenters. The Labute approximate surface area is 135 Å². The molecule has 0 bridgehead atoms. The molecule has 0 radical (unpaired) electrons. The quantitative estimate of drug-likeness (QED) is 0.637. The van der Waals surface area contributed by atoms with Crippen LogP contribution in [0.5, 0.6) is 5.75 Å². The van der Waals surface area contributed by atoms with Crippen LogP contribution in [0.3, 0.4) is 0 Å². The number of hydrazone groups is 1. The van der Waals surface area contributed by atoms with E-state index < -0.39 is 5.82 Å². The van der Waals surface area contributed by atoms with Crippen molar-refractivity contribution < 1.29 is 9.13 Å². The Morgan fingerprint density at radius 1 is 1.26 bits per heavy atom. The molecule has 0 saturated heterocycles. The van der Waals surface area contributed by atoms with E-state index in [9.17, 15) is 4.39 Å². The van der Waals surface area contributed by atoms with Gasteiger partial charge in [0.15, 0.2) is 5.82 Å². The van der Waals surface area contributed by atoms with E-state index in [1.165, 1.54) is 12.1 Å². The third-order valence-corrected chi connectivity index (χ3v) is 3.15. The Kier molecular flexibility index (Phi) is 5.70. The van der Waals surface area contributed by atoms with Gasteiger partial charge in [0.25, 0.3) is 0 Å². The molecule has 2 aromatic carbocycles. The molecule has 23 heavy (non-hydrogen) atoms. The first kappa shape index (κ1) is 16.5. The first-order valence-electron chi connectivity index (χ1n) is 7.30. The Morgan fingerprint density at radius 3 is 2.61 bits per heavy atom. The van der Waals surface area contributed by atoms with Crippen molar-refractivity contribution in [2.24, 2.45) is 11.0 Å². The van der Waals surface area contributed by atoms with Gasteiger partial charge in [0.05, 0.1) is 5.69 Å². The van der Waals surface area contributed by atoms with Gasteiger partial charge in [-0.3, -0.25) is 5.43 Å². The zero-order chi connectivity index (χ0) is 16.7. The van der Waals surface area contributed by atoms with Crippen LogP contribution in [-0.2, 0) is 6.61 Å². The number of nitrogens with one attached hydrogen (secondary N) is 1. The van der Waals surface area contributed by atoms with Crippen LogP contribution in [0, 0.1) is 23.1 Å².